The van der Waals surface area contributed by atoms with E-state index in [1.54, 1.807) is 6.07 Å². The monoisotopic (exact) mass is 408 g/mol. The van der Waals surface area contributed by atoms with E-state index in [2.05, 4.69) is 4.18 Å². The van der Waals surface area contributed by atoms with Crippen LogP contribution in [-0.4, -0.2) is 13.9 Å². The van der Waals surface area contributed by atoms with Gasteiger partial charge < -0.3 is 4.18 Å². The van der Waals surface area contributed by atoms with E-state index >= 15 is 0 Å². The van der Waals surface area contributed by atoms with Crippen LogP contribution in [0.15, 0.2) is 18.2 Å². The molecular weight excluding hydrogens is 396 g/mol. The topological polar surface area (TPSA) is 43.4 Å². The molecule has 0 amide bonds. The van der Waals surface area contributed by atoms with Crippen LogP contribution >= 0.6 is 22.6 Å². The molecule has 108 valence electrons. The molecule has 1 aromatic carbocycles. The highest BCUT2D eigenvalue weighted by molar-refractivity contribution is 14.1. The molecule has 0 atom stereocenters. The summed E-state index contributed by atoms with van der Waals surface area (Å²) in [7, 11) is -5.62. The van der Waals surface area contributed by atoms with Gasteiger partial charge in [-0.05, 0) is 58.7 Å². The van der Waals surface area contributed by atoms with Gasteiger partial charge in [-0.3, -0.25) is 0 Å². The molecule has 0 saturated carbocycles. The molecule has 1 rings (SSSR count). The van der Waals surface area contributed by atoms with Gasteiger partial charge in [0.05, 0.1) is 0 Å². The van der Waals surface area contributed by atoms with Crippen molar-refractivity contribution >= 4 is 32.7 Å². The van der Waals surface area contributed by atoms with Crippen LogP contribution in [0.3, 0.4) is 0 Å². The molecule has 0 bridgehead atoms. The van der Waals surface area contributed by atoms with Crippen molar-refractivity contribution in [3.8, 4) is 5.75 Å². The largest absolute Gasteiger partial charge is 0.534 e. The van der Waals surface area contributed by atoms with Crippen LogP contribution in [0.5, 0.6) is 5.75 Å². The first-order valence-electron chi connectivity index (χ1n) is 5.32. The fraction of sp³-hybridized carbons (Fsp3) is 0.455. The molecule has 0 N–H and O–H groups in total. The van der Waals surface area contributed by atoms with Gasteiger partial charge in [0.1, 0.15) is 5.75 Å². The lowest BCUT2D eigenvalue weighted by molar-refractivity contribution is -0.0500. The Bertz CT molecular complexity index is 553. The third kappa shape index (κ3) is 4.51. The first-order chi connectivity index (χ1) is 8.53. The maximum atomic E-state index is 12.3. The predicted octanol–water partition coefficient (Wildman–Crippen LogP) is 3.72. The van der Waals surface area contributed by atoms with E-state index < -0.39 is 15.6 Å². The Kier molecular flexibility index (Phi) is 5.10. The second-order valence-electron chi connectivity index (χ2n) is 4.33. The van der Waals surface area contributed by atoms with Gasteiger partial charge in [-0.2, -0.15) is 21.6 Å². The number of rotatable bonds is 4. The van der Waals surface area contributed by atoms with E-state index in [4.69, 9.17) is 0 Å². The number of hydrogen-bond acceptors (Lipinski definition) is 3. The normalized spacial score (nSPS) is 12.8. The molecule has 0 unspecified atom stereocenters. The fourth-order valence-electron chi connectivity index (χ4n) is 1.39. The SMILES string of the molecule is CC(C)Cc1cc(I)ccc1OS(=O)(=O)C(F)(F)F. The molecule has 0 aliphatic rings. The van der Waals surface area contributed by atoms with Crippen LogP contribution in [0.4, 0.5) is 13.2 Å². The van der Waals surface area contributed by atoms with Gasteiger partial charge in [0.25, 0.3) is 0 Å². The third-order valence-electron chi connectivity index (χ3n) is 2.13. The lowest BCUT2D eigenvalue weighted by Gasteiger charge is -2.14. The number of halogens is 4. The Morgan fingerprint density at radius 1 is 1.32 bits per heavy atom. The summed E-state index contributed by atoms with van der Waals surface area (Å²) in [5.74, 6) is -0.111. The van der Waals surface area contributed by atoms with E-state index in [9.17, 15) is 21.6 Å². The minimum atomic E-state index is -5.62. The Morgan fingerprint density at radius 3 is 2.37 bits per heavy atom. The van der Waals surface area contributed by atoms with Crippen LogP contribution in [-0.2, 0) is 16.5 Å². The summed E-state index contributed by atoms with van der Waals surface area (Å²) in [4.78, 5) is 0. The molecule has 0 radical (unpaired) electrons. The average molecular weight is 408 g/mol. The van der Waals surface area contributed by atoms with Crippen LogP contribution in [0.1, 0.15) is 19.4 Å². The van der Waals surface area contributed by atoms with Crippen molar-refractivity contribution in [1.29, 1.82) is 0 Å². The smallest absolute Gasteiger partial charge is 0.376 e. The summed E-state index contributed by atoms with van der Waals surface area (Å²) in [6.45, 7) is 3.75. The predicted molar refractivity (Wildman–Crippen MR) is 73.3 cm³/mol. The highest BCUT2D eigenvalue weighted by Gasteiger charge is 2.48. The van der Waals surface area contributed by atoms with Gasteiger partial charge in [0.2, 0.25) is 0 Å². The van der Waals surface area contributed by atoms with Gasteiger partial charge in [0, 0.05) is 3.57 Å². The minimum Gasteiger partial charge on any atom is -0.376 e. The number of benzene rings is 1. The van der Waals surface area contributed by atoms with E-state index in [0.29, 0.717) is 12.0 Å². The molecule has 0 aliphatic carbocycles. The first kappa shape index (κ1) is 16.5. The van der Waals surface area contributed by atoms with Gasteiger partial charge >= 0.3 is 15.6 Å². The zero-order valence-corrected chi connectivity index (χ0v) is 13.1. The zero-order valence-electron chi connectivity index (χ0n) is 10.2. The minimum absolute atomic E-state index is 0.161. The van der Waals surface area contributed by atoms with Crippen molar-refractivity contribution in [2.75, 3.05) is 0 Å². The van der Waals surface area contributed by atoms with Gasteiger partial charge in [0.15, 0.2) is 0 Å². The van der Waals surface area contributed by atoms with Crippen LogP contribution in [0, 0.1) is 9.49 Å². The van der Waals surface area contributed by atoms with E-state index in [1.165, 1.54) is 12.1 Å². The third-order valence-corrected chi connectivity index (χ3v) is 3.77. The fourth-order valence-corrected chi connectivity index (χ4v) is 2.44. The second-order valence-corrected chi connectivity index (χ2v) is 7.12. The Hall–Kier alpha value is -0.510. The molecule has 1 aromatic rings. The maximum Gasteiger partial charge on any atom is 0.534 e. The number of hydrogen-bond donors (Lipinski definition) is 0. The highest BCUT2D eigenvalue weighted by Crippen LogP contribution is 2.30. The highest BCUT2D eigenvalue weighted by atomic mass is 127. The molecule has 0 heterocycles. The van der Waals surface area contributed by atoms with E-state index in [0.717, 1.165) is 3.57 Å². The molecule has 0 fully saturated rings. The molecule has 0 aliphatic heterocycles. The van der Waals surface area contributed by atoms with Crippen molar-refractivity contribution < 1.29 is 25.8 Å². The first-order valence-corrected chi connectivity index (χ1v) is 7.81. The summed E-state index contributed by atoms with van der Waals surface area (Å²) in [6, 6.07) is 4.34. The Balaban J connectivity index is 3.15. The molecule has 19 heavy (non-hydrogen) atoms. The van der Waals surface area contributed by atoms with Crippen LogP contribution in [0.2, 0.25) is 0 Å². The van der Waals surface area contributed by atoms with Crippen LogP contribution < -0.4 is 4.18 Å². The summed E-state index contributed by atoms with van der Waals surface area (Å²) in [6.07, 6.45) is 0.430. The quantitative estimate of drug-likeness (QED) is 0.434. The molecule has 0 aromatic heterocycles. The summed E-state index contributed by atoms with van der Waals surface area (Å²) >= 11 is 2.00. The van der Waals surface area contributed by atoms with E-state index in [-0.39, 0.29) is 11.7 Å². The van der Waals surface area contributed by atoms with Crippen LogP contribution in [0.25, 0.3) is 0 Å². The maximum absolute atomic E-state index is 12.3. The average Bonchev–Trinajstić information content (AvgIpc) is 2.19. The molecule has 0 spiro atoms. The Labute approximate surface area is 123 Å². The second kappa shape index (κ2) is 5.86. The lowest BCUT2D eigenvalue weighted by atomic mass is 10.0. The van der Waals surface area contributed by atoms with Crippen molar-refractivity contribution in [1.82, 2.24) is 0 Å². The van der Waals surface area contributed by atoms with Gasteiger partial charge in [-0.15, -0.1) is 0 Å². The Morgan fingerprint density at radius 2 is 1.89 bits per heavy atom. The molecule has 0 saturated heterocycles. The summed E-state index contributed by atoms with van der Waals surface area (Å²) < 4.78 is 63.8. The molecule has 8 heteroatoms. The number of alkyl halides is 3. The lowest BCUT2D eigenvalue weighted by Crippen LogP contribution is -2.28. The van der Waals surface area contributed by atoms with Gasteiger partial charge in [-0.25, -0.2) is 0 Å². The zero-order chi connectivity index (χ0) is 14.8. The van der Waals surface area contributed by atoms with Gasteiger partial charge in [-0.1, -0.05) is 13.8 Å². The summed E-state index contributed by atoms with van der Waals surface area (Å²) in [5.41, 5.74) is -4.99. The summed E-state index contributed by atoms with van der Waals surface area (Å²) in [5, 5.41) is 0. The molecular formula is C11H12F3IO3S. The van der Waals surface area contributed by atoms with Crippen molar-refractivity contribution in [2.24, 2.45) is 5.92 Å². The molecule has 3 nitrogen and oxygen atoms in total. The van der Waals surface area contributed by atoms with Crippen molar-refractivity contribution in [3.05, 3.63) is 27.3 Å². The van der Waals surface area contributed by atoms with Crippen molar-refractivity contribution in [2.45, 2.75) is 25.8 Å². The standard InChI is InChI=1S/C11H12F3IO3S/c1-7(2)5-8-6-9(15)3-4-10(8)18-19(16,17)11(12,13)14/h3-4,6-7H,5H2,1-2H3. The van der Waals surface area contributed by atoms with Crippen molar-refractivity contribution in [3.63, 3.8) is 0 Å². The van der Waals surface area contributed by atoms with E-state index in [1.807, 2.05) is 36.4 Å².